The first-order valence-electron chi connectivity index (χ1n) is 3.85. The summed E-state index contributed by atoms with van der Waals surface area (Å²) in [6.45, 7) is 2.17. The maximum atomic E-state index is 3.21. The number of nitrogens with zero attached hydrogens (tertiary/aromatic N) is 1. The predicted octanol–water partition coefficient (Wildman–Crippen LogP) is 2.11. The molecule has 1 unspecified atom stereocenters. The molecule has 1 heteroatoms. The van der Waals surface area contributed by atoms with Crippen molar-refractivity contribution in [3.8, 4) is 0 Å². The van der Waals surface area contributed by atoms with Crippen LogP contribution in [0.25, 0.3) is 0 Å². The van der Waals surface area contributed by atoms with Gasteiger partial charge in [0.25, 0.3) is 0 Å². The van der Waals surface area contributed by atoms with Crippen LogP contribution in [0.5, 0.6) is 0 Å². The molecule has 59 valence electrons. The monoisotopic (exact) mass is 148 g/mol. The Hall–Kier alpha value is -0.820. The van der Waals surface area contributed by atoms with Gasteiger partial charge in [0.1, 0.15) is 0 Å². The lowest BCUT2D eigenvalue weighted by Crippen LogP contribution is -2.16. The Morgan fingerprint density at radius 2 is 2.09 bits per heavy atom. The number of hydrogen-bond donors (Lipinski definition) is 0. The van der Waals surface area contributed by atoms with Gasteiger partial charge in [0, 0.05) is 6.04 Å². The lowest BCUT2D eigenvalue weighted by atomic mass is 10.1. The second-order valence-corrected chi connectivity index (χ2v) is 2.96. The molecule has 0 aromatic heterocycles. The van der Waals surface area contributed by atoms with E-state index in [1.165, 1.54) is 5.56 Å². The third-order valence-corrected chi connectivity index (χ3v) is 1.96. The molecule has 0 fully saturated rings. The van der Waals surface area contributed by atoms with E-state index in [9.17, 15) is 0 Å². The first-order valence-corrected chi connectivity index (χ1v) is 3.85. The molecule has 0 saturated heterocycles. The van der Waals surface area contributed by atoms with Crippen molar-refractivity contribution in [3.63, 3.8) is 0 Å². The molecule has 0 aliphatic heterocycles. The number of hydrogen-bond acceptors (Lipinski definition) is 1. The topological polar surface area (TPSA) is 3.24 Å². The zero-order valence-corrected chi connectivity index (χ0v) is 7.33. The standard InChI is InChI=1S/C10H14N/c1-9(11(2)3)10-7-5-4-6-8-10/h4-7,9H,1-3H3. The van der Waals surface area contributed by atoms with Crippen molar-refractivity contribution in [2.45, 2.75) is 13.0 Å². The Labute approximate surface area is 68.7 Å². The maximum Gasteiger partial charge on any atom is 0.0319 e. The van der Waals surface area contributed by atoms with Crippen LogP contribution in [-0.4, -0.2) is 19.0 Å². The van der Waals surface area contributed by atoms with Gasteiger partial charge in [-0.3, -0.25) is 0 Å². The lowest BCUT2D eigenvalue weighted by molar-refractivity contribution is 0.321. The van der Waals surface area contributed by atoms with Crippen LogP contribution >= 0.6 is 0 Å². The van der Waals surface area contributed by atoms with Gasteiger partial charge >= 0.3 is 0 Å². The Morgan fingerprint density at radius 1 is 1.36 bits per heavy atom. The van der Waals surface area contributed by atoms with E-state index in [4.69, 9.17) is 0 Å². The molecule has 0 amide bonds. The second kappa shape index (κ2) is 3.54. The molecule has 0 N–H and O–H groups in total. The van der Waals surface area contributed by atoms with Gasteiger partial charge in [-0.2, -0.15) is 0 Å². The van der Waals surface area contributed by atoms with E-state index >= 15 is 0 Å². The predicted molar refractivity (Wildman–Crippen MR) is 47.4 cm³/mol. The fourth-order valence-electron chi connectivity index (χ4n) is 0.945. The van der Waals surface area contributed by atoms with Crippen LogP contribution in [0.1, 0.15) is 18.5 Å². The van der Waals surface area contributed by atoms with Gasteiger partial charge < -0.3 is 4.90 Å². The van der Waals surface area contributed by atoms with Gasteiger partial charge in [0.15, 0.2) is 0 Å². The van der Waals surface area contributed by atoms with Crippen molar-refractivity contribution in [2.24, 2.45) is 0 Å². The first kappa shape index (κ1) is 8.28. The Morgan fingerprint density at radius 3 is 2.55 bits per heavy atom. The zero-order chi connectivity index (χ0) is 8.27. The summed E-state index contributed by atoms with van der Waals surface area (Å²) < 4.78 is 0. The highest BCUT2D eigenvalue weighted by Crippen LogP contribution is 2.14. The van der Waals surface area contributed by atoms with Crippen molar-refractivity contribution in [2.75, 3.05) is 14.1 Å². The van der Waals surface area contributed by atoms with Gasteiger partial charge in [-0.05, 0) is 32.6 Å². The second-order valence-electron chi connectivity index (χ2n) is 2.96. The highest BCUT2D eigenvalue weighted by atomic mass is 15.1. The Kier molecular flexibility index (Phi) is 2.66. The average molecular weight is 148 g/mol. The molecule has 0 saturated carbocycles. The van der Waals surface area contributed by atoms with E-state index in [1.54, 1.807) is 0 Å². The average Bonchev–Trinajstić information content (AvgIpc) is 2.05. The van der Waals surface area contributed by atoms with Crippen LogP contribution < -0.4 is 0 Å². The molecule has 0 aliphatic rings. The highest BCUT2D eigenvalue weighted by molar-refractivity contribution is 5.16. The van der Waals surface area contributed by atoms with Crippen LogP contribution in [0, 0.1) is 6.07 Å². The minimum atomic E-state index is 0.455. The van der Waals surface area contributed by atoms with Gasteiger partial charge in [-0.25, -0.2) is 0 Å². The van der Waals surface area contributed by atoms with Crippen LogP contribution in [0.2, 0.25) is 0 Å². The van der Waals surface area contributed by atoms with Gasteiger partial charge in [-0.1, -0.05) is 24.3 Å². The van der Waals surface area contributed by atoms with Crippen LogP contribution in [0.3, 0.4) is 0 Å². The summed E-state index contributed by atoms with van der Waals surface area (Å²) in [4.78, 5) is 2.17. The molecule has 0 aliphatic carbocycles. The molecule has 0 spiro atoms. The molecule has 1 rings (SSSR count). The van der Waals surface area contributed by atoms with E-state index in [2.05, 4.69) is 38.1 Å². The van der Waals surface area contributed by atoms with E-state index < -0.39 is 0 Å². The van der Waals surface area contributed by atoms with E-state index in [1.807, 2.05) is 18.2 Å². The van der Waals surface area contributed by atoms with Crippen molar-refractivity contribution >= 4 is 0 Å². The van der Waals surface area contributed by atoms with Crippen LogP contribution in [-0.2, 0) is 0 Å². The Bertz CT molecular complexity index is 203. The molecule has 0 heterocycles. The summed E-state index contributed by atoms with van der Waals surface area (Å²) in [5.41, 5.74) is 1.25. The fraction of sp³-hybridized carbons (Fsp3) is 0.400. The molecule has 1 nitrogen and oxygen atoms in total. The summed E-state index contributed by atoms with van der Waals surface area (Å²) in [6, 6.07) is 11.8. The summed E-state index contributed by atoms with van der Waals surface area (Å²) in [6.07, 6.45) is 0. The smallest absolute Gasteiger partial charge is 0.0319 e. The molecular formula is C10H14N. The molecule has 1 atom stereocenters. The van der Waals surface area contributed by atoms with Crippen molar-refractivity contribution in [1.82, 2.24) is 4.90 Å². The van der Waals surface area contributed by atoms with Crippen molar-refractivity contribution in [3.05, 3.63) is 35.9 Å². The largest absolute Gasteiger partial charge is 0.303 e. The molecule has 1 aromatic rings. The molecule has 1 aromatic carbocycles. The van der Waals surface area contributed by atoms with Gasteiger partial charge in [0.2, 0.25) is 0 Å². The van der Waals surface area contributed by atoms with Gasteiger partial charge in [-0.15, -0.1) is 0 Å². The summed E-state index contributed by atoms with van der Waals surface area (Å²) in [7, 11) is 4.15. The molecule has 11 heavy (non-hydrogen) atoms. The summed E-state index contributed by atoms with van der Waals surface area (Å²) in [5.74, 6) is 0. The van der Waals surface area contributed by atoms with E-state index in [-0.39, 0.29) is 0 Å². The normalized spacial score (nSPS) is 13.5. The third-order valence-electron chi connectivity index (χ3n) is 1.96. The quantitative estimate of drug-likeness (QED) is 0.621. The van der Waals surface area contributed by atoms with Crippen LogP contribution in [0.4, 0.5) is 0 Å². The maximum absolute atomic E-state index is 3.21. The van der Waals surface area contributed by atoms with E-state index in [0.717, 1.165) is 0 Å². The number of benzene rings is 1. The first-order chi connectivity index (χ1) is 5.22. The summed E-state index contributed by atoms with van der Waals surface area (Å²) >= 11 is 0. The van der Waals surface area contributed by atoms with Crippen LogP contribution in [0.15, 0.2) is 24.3 Å². The fourth-order valence-corrected chi connectivity index (χ4v) is 0.945. The van der Waals surface area contributed by atoms with E-state index in [0.29, 0.717) is 6.04 Å². The van der Waals surface area contributed by atoms with Crippen molar-refractivity contribution in [1.29, 1.82) is 0 Å². The highest BCUT2D eigenvalue weighted by Gasteiger charge is 2.05. The third kappa shape index (κ3) is 2.05. The molecule has 0 bridgehead atoms. The zero-order valence-electron chi connectivity index (χ0n) is 7.33. The Balaban J connectivity index is 2.77. The SMILES string of the molecule is CC(c1[c]cccc1)N(C)C. The van der Waals surface area contributed by atoms with Gasteiger partial charge in [0.05, 0.1) is 0 Å². The minimum absolute atomic E-state index is 0.455. The summed E-state index contributed by atoms with van der Waals surface area (Å²) in [5, 5.41) is 0. The lowest BCUT2D eigenvalue weighted by Gasteiger charge is -2.19. The molecule has 1 radical (unpaired) electrons. The molecular weight excluding hydrogens is 134 g/mol. The van der Waals surface area contributed by atoms with Crippen molar-refractivity contribution < 1.29 is 0 Å². The number of rotatable bonds is 2. The minimum Gasteiger partial charge on any atom is -0.303 e.